The number of imide groups is 1. The molecule has 1 heterocycles. The Bertz CT molecular complexity index is 269. The lowest BCUT2D eigenvalue weighted by Gasteiger charge is -2.41. The highest BCUT2D eigenvalue weighted by atomic mass is 16.2. The second-order valence-corrected chi connectivity index (χ2v) is 4.36. The zero-order chi connectivity index (χ0) is 10.2. The van der Waals surface area contributed by atoms with Crippen molar-refractivity contribution >= 4 is 11.9 Å². The first-order valence-electron chi connectivity index (χ1n) is 5.22. The molecule has 2 fully saturated rings. The van der Waals surface area contributed by atoms with Crippen LogP contribution in [-0.4, -0.2) is 30.4 Å². The SMILES string of the molecule is CN1C(=O)NCC2(CCCCC2)C1=O. The number of amides is 3. The van der Waals surface area contributed by atoms with Gasteiger partial charge in [0.05, 0.1) is 5.41 Å². The Morgan fingerprint density at radius 1 is 1.21 bits per heavy atom. The van der Waals surface area contributed by atoms with Crippen molar-refractivity contribution in [1.29, 1.82) is 0 Å². The molecule has 4 nitrogen and oxygen atoms in total. The quantitative estimate of drug-likeness (QED) is 0.631. The van der Waals surface area contributed by atoms with Gasteiger partial charge in [-0.3, -0.25) is 9.69 Å². The Morgan fingerprint density at radius 3 is 2.50 bits per heavy atom. The highest BCUT2D eigenvalue weighted by molar-refractivity contribution is 5.99. The van der Waals surface area contributed by atoms with Crippen LogP contribution in [0.1, 0.15) is 32.1 Å². The van der Waals surface area contributed by atoms with Crippen LogP contribution < -0.4 is 5.32 Å². The lowest BCUT2D eigenvalue weighted by Crippen LogP contribution is -2.59. The summed E-state index contributed by atoms with van der Waals surface area (Å²) in [5, 5.41) is 2.79. The zero-order valence-electron chi connectivity index (χ0n) is 8.51. The first-order chi connectivity index (χ1) is 6.66. The van der Waals surface area contributed by atoms with Gasteiger partial charge in [0.1, 0.15) is 0 Å². The van der Waals surface area contributed by atoms with E-state index in [1.165, 1.54) is 11.3 Å². The van der Waals surface area contributed by atoms with E-state index >= 15 is 0 Å². The minimum absolute atomic E-state index is 0.0148. The van der Waals surface area contributed by atoms with E-state index in [0.29, 0.717) is 6.54 Å². The monoisotopic (exact) mass is 196 g/mol. The average Bonchev–Trinajstić information content (AvgIpc) is 2.23. The molecule has 78 valence electrons. The molecule has 0 bridgehead atoms. The maximum atomic E-state index is 12.0. The van der Waals surface area contributed by atoms with Gasteiger partial charge in [-0.1, -0.05) is 19.3 Å². The third-order valence-electron chi connectivity index (χ3n) is 3.45. The molecule has 0 radical (unpaired) electrons. The highest BCUT2D eigenvalue weighted by Gasteiger charge is 2.45. The molecule has 0 aromatic heterocycles. The summed E-state index contributed by atoms with van der Waals surface area (Å²) in [7, 11) is 1.56. The van der Waals surface area contributed by atoms with Gasteiger partial charge in [0.2, 0.25) is 5.91 Å². The van der Waals surface area contributed by atoms with Crippen LogP contribution in [0, 0.1) is 5.41 Å². The zero-order valence-corrected chi connectivity index (χ0v) is 8.51. The first-order valence-corrected chi connectivity index (χ1v) is 5.22. The summed E-state index contributed by atoms with van der Waals surface area (Å²) in [4.78, 5) is 24.4. The molecular formula is C10H16N2O2. The molecule has 1 aliphatic heterocycles. The van der Waals surface area contributed by atoms with Gasteiger partial charge in [0.15, 0.2) is 0 Å². The summed E-state index contributed by atoms with van der Waals surface area (Å²) in [6, 6.07) is -0.258. The van der Waals surface area contributed by atoms with Gasteiger partial charge in [-0.05, 0) is 12.8 Å². The summed E-state index contributed by atoms with van der Waals surface area (Å²) >= 11 is 0. The maximum Gasteiger partial charge on any atom is 0.323 e. The van der Waals surface area contributed by atoms with E-state index < -0.39 is 0 Å². The predicted molar refractivity (Wildman–Crippen MR) is 51.7 cm³/mol. The number of rotatable bonds is 0. The van der Waals surface area contributed by atoms with E-state index in [2.05, 4.69) is 5.32 Å². The van der Waals surface area contributed by atoms with Crippen LogP contribution >= 0.6 is 0 Å². The average molecular weight is 196 g/mol. The topological polar surface area (TPSA) is 49.4 Å². The Labute approximate surface area is 83.6 Å². The fourth-order valence-corrected chi connectivity index (χ4v) is 2.51. The van der Waals surface area contributed by atoms with Crippen molar-refractivity contribution in [3.8, 4) is 0 Å². The van der Waals surface area contributed by atoms with Crippen LogP contribution in [0.4, 0.5) is 4.79 Å². The number of carbonyl (C=O) groups excluding carboxylic acids is 2. The lowest BCUT2D eigenvalue weighted by molar-refractivity contribution is -0.141. The summed E-state index contributed by atoms with van der Waals surface area (Å²) in [6.45, 7) is 0.537. The van der Waals surface area contributed by atoms with Gasteiger partial charge in [-0.2, -0.15) is 0 Å². The second-order valence-electron chi connectivity index (χ2n) is 4.36. The first kappa shape index (κ1) is 9.49. The molecule has 4 heteroatoms. The van der Waals surface area contributed by atoms with Crippen LogP contribution in [0.5, 0.6) is 0 Å². The molecule has 0 aromatic rings. The summed E-state index contributed by atoms with van der Waals surface area (Å²) < 4.78 is 0. The van der Waals surface area contributed by atoms with Gasteiger partial charge in [0.25, 0.3) is 0 Å². The number of urea groups is 1. The normalized spacial score (nSPS) is 26.5. The molecule has 1 N–H and O–H groups in total. The van der Waals surface area contributed by atoms with Crippen molar-refractivity contribution < 1.29 is 9.59 Å². The van der Waals surface area contributed by atoms with Gasteiger partial charge < -0.3 is 5.32 Å². The minimum Gasteiger partial charge on any atom is -0.337 e. The molecule has 2 aliphatic rings. The summed E-state index contributed by atoms with van der Waals surface area (Å²) in [6.07, 6.45) is 5.28. The van der Waals surface area contributed by atoms with E-state index in [-0.39, 0.29) is 17.4 Å². The van der Waals surface area contributed by atoms with Gasteiger partial charge >= 0.3 is 6.03 Å². The van der Waals surface area contributed by atoms with Crippen LogP contribution in [-0.2, 0) is 4.79 Å². The number of nitrogens with one attached hydrogen (secondary N) is 1. The van der Waals surface area contributed by atoms with E-state index in [0.717, 1.165) is 25.7 Å². The van der Waals surface area contributed by atoms with Crippen molar-refractivity contribution in [1.82, 2.24) is 10.2 Å². The lowest BCUT2D eigenvalue weighted by atomic mass is 9.72. The Kier molecular flexibility index (Phi) is 2.21. The standard InChI is InChI=1S/C10H16N2O2/c1-12-8(13)10(7-11-9(12)14)5-3-2-4-6-10/h2-7H2,1H3,(H,11,14). The number of hydrogen-bond acceptors (Lipinski definition) is 2. The molecule has 1 spiro atoms. The smallest absolute Gasteiger partial charge is 0.323 e. The van der Waals surface area contributed by atoms with Crippen molar-refractivity contribution in [2.24, 2.45) is 5.41 Å². The Balaban J connectivity index is 2.19. The molecule has 1 aliphatic carbocycles. The van der Waals surface area contributed by atoms with Crippen molar-refractivity contribution in [2.45, 2.75) is 32.1 Å². The van der Waals surface area contributed by atoms with Crippen molar-refractivity contribution in [3.63, 3.8) is 0 Å². The molecule has 0 aromatic carbocycles. The minimum atomic E-state index is -0.277. The van der Waals surface area contributed by atoms with Gasteiger partial charge in [-0.25, -0.2) is 4.79 Å². The van der Waals surface area contributed by atoms with Crippen LogP contribution in [0.3, 0.4) is 0 Å². The van der Waals surface area contributed by atoms with E-state index in [1.54, 1.807) is 7.05 Å². The van der Waals surface area contributed by atoms with E-state index in [1.807, 2.05) is 0 Å². The molecule has 2 rings (SSSR count). The fraction of sp³-hybridized carbons (Fsp3) is 0.800. The molecule has 1 saturated carbocycles. The molecule has 0 atom stereocenters. The van der Waals surface area contributed by atoms with E-state index in [4.69, 9.17) is 0 Å². The van der Waals surface area contributed by atoms with Crippen LogP contribution in [0.15, 0.2) is 0 Å². The van der Waals surface area contributed by atoms with Crippen LogP contribution in [0.2, 0.25) is 0 Å². The number of hydrogen-bond donors (Lipinski definition) is 1. The Hall–Kier alpha value is -1.06. The highest BCUT2D eigenvalue weighted by Crippen LogP contribution is 2.38. The summed E-state index contributed by atoms with van der Waals surface area (Å²) in [5.41, 5.74) is -0.277. The Morgan fingerprint density at radius 2 is 1.86 bits per heavy atom. The van der Waals surface area contributed by atoms with Crippen molar-refractivity contribution in [3.05, 3.63) is 0 Å². The third kappa shape index (κ3) is 1.29. The summed E-state index contributed by atoms with van der Waals surface area (Å²) in [5.74, 6) is 0.0148. The largest absolute Gasteiger partial charge is 0.337 e. The van der Waals surface area contributed by atoms with Gasteiger partial charge in [-0.15, -0.1) is 0 Å². The number of carbonyl (C=O) groups is 2. The fourth-order valence-electron chi connectivity index (χ4n) is 2.51. The predicted octanol–water partition coefficient (Wildman–Crippen LogP) is 1.12. The number of nitrogens with zero attached hydrogens (tertiary/aromatic N) is 1. The van der Waals surface area contributed by atoms with E-state index in [9.17, 15) is 9.59 Å². The van der Waals surface area contributed by atoms with Crippen LogP contribution in [0.25, 0.3) is 0 Å². The molecule has 3 amide bonds. The maximum absolute atomic E-state index is 12.0. The molecule has 1 saturated heterocycles. The molecular weight excluding hydrogens is 180 g/mol. The van der Waals surface area contributed by atoms with Gasteiger partial charge in [0, 0.05) is 13.6 Å². The second kappa shape index (κ2) is 3.26. The molecule has 14 heavy (non-hydrogen) atoms. The van der Waals surface area contributed by atoms with Crippen molar-refractivity contribution in [2.75, 3.05) is 13.6 Å². The third-order valence-corrected chi connectivity index (χ3v) is 3.45. The molecule has 0 unspecified atom stereocenters.